The normalized spacial score (nSPS) is 14.4. The molecule has 38 heavy (non-hydrogen) atoms. The van der Waals surface area contributed by atoms with Gasteiger partial charge in [0.15, 0.2) is 5.75 Å². The summed E-state index contributed by atoms with van der Waals surface area (Å²) >= 11 is 23.6. The van der Waals surface area contributed by atoms with Gasteiger partial charge in [-0.05, 0) is 60.9 Å². The Balaban J connectivity index is 1.47. The fourth-order valence-corrected chi connectivity index (χ4v) is 6.74. The Hall–Kier alpha value is -1.71. The van der Waals surface area contributed by atoms with Crippen LogP contribution in [0, 0.1) is 0 Å². The van der Waals surface area contributed by atoms with Crippen molar-refractivity contribution in [3.8, 4) is 5.75 Å². The number of benzene rings is 3. The molecular weight excluding hydrogens is 721 g/mol. The Morgan fingerprint density at radius 2 is 1.66 bits per heavy atom. The van der Waals surface area contributed by atoms with Crippen LogP contribution in [0.2, 0.25) is 10.0 Å². The fraction of sp³-hybridized carbons (Fsp3) is 0.250. The van der Waals surface area contributed by atoms with Crippen LogP contribution >= 0.6 is 71.0 Å². The molecule has 0 N–H and O–H groups in total. The smallest absolute Gasteiger partial charge is 0.282 e. The second-order valence-corrected chi connectivity index (χ2v) is 12.7. The quantitative estimate of drug-likeness (QED) is 0.185. The van der Waals surface area contributed by atoms with Crippen LogP contribution in [0.4, 0.5) is 0 Å². The van der Waals surface area contributed by atoms with E-state index in [4.69, 9.17) is 32.9 Å². The van der Waals surface area contributed by atoms with Gasteiger partial charge in [-0.15, -0.1) is 0 Å². The van der Waals surface area contributed by atoms with E-state index in [1.54, 1.807) is 24.4 Å². The SMILES string of the molecule is O=c1c2cc(Br)ccc2nc(C2CCCCC2)n1N=Cc1cc(Cl)c(OCc2ccc(Br)cc2Br)c(Cl)c1. The van der Waals surface area contributed by atoms with Crippen molar-refractivity contribution in [2.75, 3.05) is 0 Å². The highest BCUT2D eigenvalue weighted by molar-refractivity contribution is 9.11. The van der Waals surface area contributed by atoms with Crippen molar-refractivity contribution in [3.63, 3.8) is 0 Å². The molecule has 0 saturated heterocycles. The lowest BCUT2D eigenvalue weighted by Gasteiger charge is -2.22. The van der Waals surface area contributed by atoms with E-state index in [9.17, 15) is 4.79 Å². The van der Waals surface area contributed by atoms with Crippen LogP contribution in [0.25, 0.3) is 10.9 Å². The topological polar surface area (TPSA) is 56.5 Å². The molecule has 1 aliphatic rings. The maximum atomic E-state index is 13.5. The molecule has 3 aromatic carbocycles. The number of rotatable bonds is 6. The molecule has 1 saturated carbocycles. The number of nitrogens with zero attached hydrogens (tertiary/aromatic N) is 3. The van der Waals surface area contributed by atoms with E-state index < -0.39 is 0 Å². The number of hydrogen-bond acceptors (Lipinski definition) is 4. The molecule has 0 bridgehead atoms. The average molecular weight is 743 g/mol. The third-order valence-corrected chi connectivity index (χ3v) is 8.82. The molecular formula is C28H22Br3Cl2N3O2. The number of halogens is 5. The zero-order valence-electron chi connectivity index (χ0n) is 20.1. The second kappa shape index (κ2) is 12.2. The maximum Gasteiger partial charge on any atom is 0.282 e. The van der Waals surface area contributed by atoms with Crippen LogP contribution in [-0.2, 0) is 6.61 Å². The van der Waals surface area contributed by atoms with Crippen LogP contribution in [0.15, 0.2) is 71.8 Å². The first-order valence-electron chi connectivity index (χ1n) is 12.1. The lowest BCUT2D eigenvalue weighted by atomic mass is 9.88. The first kappa shape index (κ1) is 27.8. The van der Waals surface area contributed by atoms with Gasteiger partial charge in [0.2, 0.25) is 0 Å². The zero-order chi connectivity index (χ0) is 26.8. The van der Waals surface area contributed by atoms with Crippen LogP contribution in [-0.4, -0.2) is 15.9 Å². The largest absolute Gasteiger partial charge is 0.486 e. The molecule has 4 aromatic rings. The predicted molar refractivity (Wildman–Crippen MR) is 165 cm³/mol. The van der Waals surface area contributed by atoms with Crippen molar-refractivity contribution in [2.24, 2.45) is 5.10 Å². The second-order valence-electron chi connectivity index (χ2n) is 9.17. The van der Waals surface area contributed by atoms with Gasteiger partial charge in [-0.2, -0.15) is 9.78 Å². The standard InChI is InChI=1S/C28H22Br3Cl2N3O2/c29-19-8-9-25-21(12-19)28(37)36(27(35-25)17-4-2-1-3-5-17)34-14-16-10-23(32)26(24(33)11-16)38-15-18-6-7-20(30)13-22(18)31/h6-14,17H,1-5,15H2. The Labute approximate surface area is 255 Å². The molecule has 1 aliphatic carbocycles. The van der Waals surface area contributed by atoms with Gasteiger partial charge in [-0.3, -0.25) is 4.79 Å². The van der Waals surface area contributed by atoms with Crippen LogP contribution in [0.5, 0.6) is 5.75 Å². The minimum atomic E-state index is -0.203. The van der Waals surface area contributed by atoms with Gasteiger partial charge >= 0.3 is 0 Å². The Morgan fingerprint density at radius 1 is 0.974 bits per heavy atom. The summed E-state index contributed by atoms with van der Waals surface area (Å²) in [5.41, 5.74) is 2.07. The van der Waals surface area contributed by atoms with Gasteiger partial charge in [-0.1, -0.05) is 96.3 Å². The Bertz CT molecular complexity index is 1580. The molecule has 5 rings (SSSR count). The van der Waals surface area contributed by atoms with Crippen LogP contribution in [0.3, 0.4) is 0 Å². The highest BCUT2D eigenvalue weighted by Crippen LogP contribution is 2.36. The Morgan fingerprint density at radius 3 is 2.37 bits per heavy atom. The first-order valence-corrected chi connectivity index (χ1v) is 15.3. The van der Waals surface area contributed by atoms with Gasteiger partial charge in [0.05, 0.1) is 27.2 Å². The third kappa shape index (κ3) is 6.20. The first-order chi connectivity index (χ1) is 18.3. The van der Waals surface area contributed by atoms with Crippen molar-refractivity contribution in [1.82, 2.24) is 9.66 Å². The minimum Gasteiger partial charge on any atom is -0.486 e. The van der Waals surface area contributed by atoms with E-state index in [2.05, 4.69) is 52.9 Å². The summed E-state index contributed by atoms with van der Waals surface area (Å²) in [6.07, 6.45) is 7.00. The van der Waals surface area contributed by atoms with Crippen LogP contribution < -0.4 is 10.3 Å². The summed E-state index contributed by atoms with van der Waals surface area (Å²) < 4.78 is 10.1. The molecule has 196 valence electrons. The highest BCUT2D eigenvalue weighted by atomic mass is 79.9. The molecule has 5 nitrogen and oxygen atoms in total. The lowest BCUT2D eigenvalue weighted by molar-refractivity contribution is 0.306. The average Bonchev–Trinajstić information content (AvgIpc) is 2.89. The van der Waals surface area contributed by atoms with Gasteiger partial charge in [-0.25, -0.2) is 4.98 Å². The summed E-state index contributed by atoms with van der Waals surface area (Å²) in [5.74, 6) is 1.26. The van der Waals surface area contributed by atoms with E-state index in [1.165, 1.54) is 11.1 Å². The van der Waals surface area contributed by atoms with Gasteiger partial charge in [0.25, 0.3) is 5.56 Å². The number of ether oxygens (including phenoxy) is 1. The number of hydrogen-bond donors (Lipinski definition) is 0. The molecule has 0 radical (unpaired) electrons. The highest BCUT2D eigenvalue weighted by Gasteiger charge is 2.22. The molecule has 1 fully saturated rings. The van der Waals surface area contributed by atoms with E-state index in [-0.39, 0.29) is 11.5 Å². The molecule has 10 heteroatoms. The predicted octanol–water partition coefficient (Wildman–Crippen LogP) is 9.50. The summed E-state index contributed by atoms with van der Waals surface area (Å²) in [6, 6.07) is 14.8. The number of aromatic nitrogens is 2. The van der Waals surface area contributed by atoms with Crippen molar-refractivity contribution >= 4 is 88.1 Å². The van der Waals surface area contributed by atoms with Crippen LogP contribution in [0.1, 0.15) is 55.0 Å². The summed E-state index contributed by atoms with van der Waals surface area (Å²) in [6.45, 7) is 0.291. The molecule has 0 atom stereocenters. The van der Waals surface area contributed by atoms with Crippen molar-refractivity contribution in [1.29, 1.82) is 0 Å². The summed E-state index contributed by atoms with van der Waals surface area (Å²) in [5, 5.41) is 5.81. The van der Waals surface area contributed by atoms with E-state index >= 15 is 0 Å². The van der Waals surface area contributed by atoms with Gasteiger partial charge in [0.1, 0.15) is 12.4 Å². The minimum absolute atomic E-state index is 0.183. The van der Waals surface area contributed by atoms with E-state index in [0.717, 1.165) is 44.7 Å². The van der Waals surface area contributed by atoms with Crippen molar-refractivity contribution < 1.29 is 4.74 Å². The van der Waals surface area contributed by atoms with Gasteiger partial charge < -0.3 is 4.74 Å². The monoisotopic (exact) mass is 739 g/mol. The Kier molecular flexibility index (Phi) is 8.95. The fourth-order valence-electron chi connectivity index (χ4n) is 4.61. The van der Waals surface area contributed by atoms with Gasteiger partial charge in [0, 0.05) is 24.9 Å². The summed E-state index contributed by atoms with van der Waals surface area (Å²) in [4.78, 5) is 18.4. The maximum absolute atomic E-state index is 13.5. The van der Waals surface area contributed by atoms with E-state index in [1.807, 2.05) is 30.3 Å². The zero-order valence-corrected chi connectivity index (χ0v) is 26.3. The summed E-state index contributed by atoms with van der Waals surface area (Å²) in [7, 11) is 0. The van der Waals surface area contributed by atoms with Crippen molar-refractivity contribution in [3.05, 3.63) is 99.3 Å². The third-order valence-electron chi connectivity index (χ3n) is 6.53. The lowest BCUT2D eigenvalue weighted by Crippen LogP contribution is -2.25. The molecule has 1 aromatic heterocycles. The molecule has 1 heterocycles. The molecule has 0 aliphatic heterocycles. The van der Waals surface area contributed by atoms with Crippen molar-refractivity contribution in [2.45, 2.75) is 44.6 Å². The molecule has 0 amide bonds. The molecule has 0 unspecified atom stereocenters. The number of fused-ring (bicyclic) bond motifs is 1. The molecule has 0 spiro atoms. The van der Waals surface area contributed by atoms with E-state index in [0.29, 0.717) is 44.7 Å².